The number of rotatable bonds is 3. The predicted molar refractivity (Wildman–Crippen MR) is 82.0 cm³/mol. The number of fused-ring (bicyclic) bond motifs is 1. The second-order valence-electron chi connectivity index (χ2n) is 4.92. The third kappa shape index (κ3) is 2.46. The first-order chi connectivity index (χ1) is 10.2. The van der Waals surface area contributed by atoms with Crippen molar-refractivity contribution in [3.8, 4) is 6.07 Å². The van der Waals surface area contributed by atoms with E-state index >= 15 is 0 Å². The molecule has 0 fully saturated rings. The van der Waals surface area contributed by atoms with Crippen molar-refractivity contribution in [3.05, 3.63) is 59.3 Å². The van der Waals surface area contributed by atoms with Crippen LogP contribution in [0.15, 0.2) is 40.8 Å². The highest BCUT2D eigenvalue weighted by atomic mass is 16.4. The van der Waals surface area contributed by atoms with Crippen LogP contribution in [0.1, 0.15) is 22.9 Å². The molecule has 0 bridgehead atoms. The lowest BCUT2D eigenvalue weighted by Crippen LogP contribution is -2.00. The third-order valence-corrected chi connectivity index (χ3v) is 3.55. The van der Waals surface area contributed by atoms with Gasteiger partial charge in [0, 0.05) is 16.5 Å². The summed E-state index contributed by atoms with van der Waals surface area (Å²) in [5.41, 5.74) is 2.56. The van der Waals surface area contributed by atoms with E-state index in [9.17, 15) is 5.26 Å². The van der Waals surface area contributed by atoms with Crippen molar-refractivity contribution >= 4 is 16.5 Å². The van der Waals surface area contributed by atoms with Crippen LogP contribution >= 0.6 is 0 Å². The van der Waals surface area contributed by atoms with Gasteiger partial charge >= 0.3 is 0 Å². The zero-order valence-corrected chi connectivity index (χ0v) is 12.0. The highest BCUT2D eigenvalue weighted by Crippen LogP contribution is 2.26. The molecule has 0 aliphatic heterocycles. The second-order valence-corrected chi connectivity index (χ2v) is 4.92. The first-order valence-electron chi connectivity index (χ1n) is 6.77. The van der Waals surface area contributed by atoms with Gasteiger partial charge in [0.1, 0.15) is 5.76 Å². The summed E-state index contributed by atoms with van der Waals surface area (Å²) in [4.78, 5) is 4.36. The average Bonchev–Trinajstić information content (AvgIpc) is 2.83. The SMILES string of the molecule is Cc1nc(CNc2ccc(C#N)c3ccccc23)oc1C. The Bertz CT molecular complexity index is 823. The Balaban J connectivity index is 1.93. The molecule has 0 aliphatic carbocycles. The molecule has 0 amide bonds. The van der Waals surface area contributed by atoms with Crippen LogP contribution in [0.5, 0.6) is 0 Å². The fraction of sp³-hybridized carbons (Fsp3) is 0.176. The first kappa shape index (κ1) is 13.2. The Hall–Kier alpha value is -2.80. The van der Waals surface area contributed by atoms with Crippen LogP contribution in [0, 0.1) is 25.2 Å². The minimum absolute atomic E-state index is 0.518. The Morgan fingerprint density at radius 1 is 1.14 bits per heavy atom. The number of anilines is 1. The third-order valence-electron chi connectivity index (χ3n) is 3.55. The number of aryl methyl sites for hydroxylation is 2. The maximum absolute atomic E-state index is 9.17. The standard InChI is InChI=1S/C17H15N3O/c1-11-12(2)21-17(20-11)10-19-16-8-7-13(9-18)14-5-3-4-6-15(14)16/h3-8,19H,10H2,1-2H3. The number of aromatic nitrogens is 1. The molecule has 3 rings (SSSR count). The first-order valence-corrected chi connectivity index (χ1v) is 6.77. The summed E-state index contributed by atoms with van der Waals surface area (Å²) in [6, 6.07) is 13.8. The van der Waals surface area contributed by atoms with E-state index in [1.807, 2.05) is 50.2 Å². The van der Waals surface area contributed by atoms with Crippen LogP contribution in [0.3, 0.4) is 0 Å². The minimum Gasteiger partial charge on any atom is -0.444 e. The number of nitrogens with one attached hydrogen (secondary N) is 1. The van der Waals surface area contributed by atoms with E-state index in [-0.39, 0.29) is 0 Å². The molecule has 1 aromatic heterocycles. The molecule has 1 heterocycles. The summed E-state index contributed by atoms with van der Waals surface area (Å²) in [6.07, 6.45) is 0. The number of benzene rings is 2. The normalized spacial score (nSPS) is 10.5. The zero-order valence-electron chi connectivity index (χ0n) is 12.0. The Morgan fingerprint density at radius 3 is 2.57 bits per heavy atom. The van der Waals surface area contributed by atoms with Gasteiger partial charge in [-0.2, -0.15) is 5.26 Å². The van der Waals surface area contributed by atoms with Crippen molar-refractivity contribution in [2.75, 3.05) is 5.32 Å². The monoisotopic (exact) mass is 277 g/mol. The highest BCUT2D eigenvalue weighted by molar-refractivity contribution is 5.97. The minimum atomic E-state index is 0.518. The quantitative estimate of drug-likeness (QED) is 0.788. The average molecular weight is 277 g/mol. The van der Waals surface area contributed by atoms with E-state index < -0.39 is 0 Å². The predicted octanol–water partition coefficient (Wildman–Crippen LogP) is 3.93. The second kappa shape index (κ2) is 5.29. The van der Waals surface area contributed by atoms with Crippen LogP contribution in [-0.4, -0.2) is 4.98 Å². The number of hydrogen-bond acceptors (Lipinski definition) is 4. The Labute approximate surface area is 123 Å². The molecule has 0 spiro atoms. The van der Waals surface area contributed by atoms with Gasteiger partial charge < -0.3 is 9.73 Å². The molecular formula is C17H15N3O. The molecule has 4 heteroatoms. The summed E-state index contributed by atoms with van der Waals surface area (Å²) in [5, 5.41) is 14.5. The molecule has 0 saturated carbocycles. The summed E-state index contributed by atoms with van der Waals surface area (Å²) in [6.45, 7) is 4.35. The van der Waals surface area contributed by atoms with E-state index in [1.54, 1.807) is 0 Å². The van der Waals surface area contributed by atoms with Gasteiger partial charge in [-0.25, -0.2) is 4.98 Å². The fourth-order valence-corrected chi connectivity index (χ4v) is 2.34. The van der Waals surface area contributed by atoms with Gasteiger partial charge in [-0.3, -0.25) is 0 Å². The van der Waals surface area contributed by atoms with E-state index in [2.05, 4.69) is 16.4 Å². The molecule has 3 aromatic rings. The molecule has 21 heavy (non-hydrogen) atoms. The van der Waals surface area contributed by atoms with Gasteiger partial charge in [0.05, 0.1) is 23.9 Å². The molecule has 1 N–H and O–H groups in total. The lowest BCUT2D eigenvalue weighted by molar-refractivity contribution is 0.478. The van der Waals surface area contributed by atoms with Crippen molar-refractivity contribution in [2.45, 2.75) is 20.4 Å². The van der Waals surface area contributed by atoms with Gasteiger partial charge in [0.15, 0.2) is 0 Å². The maximum Gasteiger partial charge on any atom is 0.213 e. The maximum atomic E-state index is 9.17. The molecule has 0 aliphatic rings. The summed E-state index contributed by atoms with van der Waals surface area (Å²) >= 11 is 0. The molecule has 0 radical (unpaired) electrons. The van der Waals surface area contributed by atoms with Crippen LogP contribution in [0.25, 0.3) is 10.8 Å². The van der Waals surface area contributed by atoms with Gasteiger partial charge in [-0.15, -0.1) is 0 Å². The van der Waals surface area contributed by atoms with E-state index in [1.165, 1.54) is 0 Å². The number of nitrogens with zero attached hydrogens (tertiary/aromatic N) is 2. The fourth-order valence-electron chi connectivity index (χ4n) is 2.34. The van der Waals surface area contributed by atoms with Crippen molar-refractivity contribution in [1.82, 2.24) is 4.98 Å². The zero-order chi connectivity index (χ0) is 14.8. The van der Waals surface area contributed by atoms with Gasteiger partial charge in [0.25, 0.3) is 0 Å². The Kier molecular flexibility index (Phi) is 3.33. The van der Waals surface area contributed by atoms with Crippen LogP contribution in [0.4, 0.5) is 5.69 Å². The molecule has 4 nitrogen and oxygen atoms in total. The van der Waals surface area contributed by atoms with E-state index in [0.717, 1.165) is 27.9 Å². The summed E-state index contributed by atoms with van der Waals surface area (Å²) < 4.78 is 5.57. The molecule has 0 atom stereocenters. The molecule has 0 saturated heterocycles. The van der Waals surface area contributed by atoms with Gasteiger partial charge in [0.2, 0.25) is 5.89 Å². The lowest BCUT2D eigenvalue weighted by Gasteiger charge is -2.09. The van der Waals surface area contributed by atoms with Crippen molar-refractivity contribution < 1.29 is 4.42 Å². The largest absolute Gasteiger partial charge is 0.444 e. The highest BCUT2D eigenvalue weighted by Gasteiger charge is 2.08. The summed E-state index contributed by atoms with van der Waals surface area (Å²) in [7, 11) is 0. The Morgan fingerprint density at radius 2 is 1.90 bits per heavy atom. The van der Waals surface area contributed by atoms with E-state index in [0.29, 0.717) is 18.0 Å². The molecule has 0 unspecified atom stereocenters. The van der Waals surface area contributed by atoms with Crippen molar-refractivity contribution in [3.63, 3.8) is 0 Å². The number of hydrogen-bond donors (Lipinski definition) is 1. The van der Waals surface area contributed by atoms with Crippen molar-refractivity contribution in [2.24, 2.45) is 0 Å². The number of oxazole rings is 1. The molecule has 2 aromatic carbocycles. The van der Waals surface area contributed by atoms with Gasteiger partial charge in [-0.1, -0.05) is 24.3 Å². The molecular weight excluding hydrogens is 262 g/mol. The topological polar surface area (TPSA) is 61.9 Å². The molecule has 104 valence electrons. The van der Waals surface area contributed by atoms with Crippen molar-refractivity contribution in [1.29, 1.82) is 5.26 Å². The lowest BCUT2D eigenvalue weighted by atomic mass is 10.0. The van der Waals surface area contributed by atoms with Crippen LogP contribution in [0.2, 0.25) is 0 Å². The van der Waals surface area contributed by atoms with E-state index in [4.69, 9.17) is 4.42 Å². The van der Waals surface area contributed by atoms with Crippen LogP contribution < -0.4 is 5.32 Å². The summed E-state index contributed by atoms with van der Waals surface area (Å²) in [5.74, 6) is 1.51. The van der Waals surface area contributed by atoms with Crippen LogP contribution in [-0.2, 0) is 6.54 Å². The number of nitriles is 1. The van der Waals surface area contributed by atoms with Gasteiger partial charge in [-0.05, 0) is 26.0 Å². The smallest absolute Gasteiger partial charge is 0.213 e.